The summed E-state index contributed by atoms with van der Waals surface area (Å²) in [5.74, 6) is 0.718. The topological polar surface area (TPSA) is 0 Å². The van der Waals surface area contributed by atoms with Gasteiger partial charge in [-0.2, -0.15) is 0 Å². The van der Waals surface area contributed by atoms with E-state index in [0.29, 0.717) is 5.41 Å². The maximum absolute atomic E-state index is 4.09. The molecule has 0 aliphatic carbocycles. The predicted octanol–water partition coefficient (Wildman–Crippen LogP) is 4.02. The Hall–Kier alpha value is -0.260. The highest BCUT2D eigenvalue weighted by Crippen LogP contribution is 2.40. The number of hydrogen-bond acceptors (Lipinski definition) is 0. The fraction of sp³-hybridized carbons (Fsp3) is 0.818. The first-order valence-electron chi connectivity index (χ1n) is 4.67. The zero-order valence-electron chi connectivity index (χ0n) is 8.70. The SMILES string of the molecule is C=C(C)C(CC)(CC)C(C)C. The van der Waals surface area contributed by atoms with Crippen molar-refractivity contribution < 1.29 is 0 Å². The van der Waals surface area contributed by atoms with E-state index in [4.69, 9.17) is 0 Å². The molecule has 0 spiro atoms. The van der Waals surface area contributed by atoms with Gasteiger partial charge in [0, 0.05) is 0 Å². The van der Waals surface area contributed by atoms with Crippen molar-refractivity contribution >= 4 is 0 Å². The van der Waals surface area contributed by atoms with E-state index in [1.807, 2.05) is 0 Å². The van der Waals surface area contributed by atoms with E-state index in [1.54, 1.807) is 0 Å². The maximum atomic E-state index is 4.09. The summed E-state index contributed by atoms with van der Waals surface area (Å²) in [6.45, 7) is 15.4. The maximum Gasteiger partial charge on any atom is -0.00758 e. The molecule has 0 aliphatic rings. The highest BCUT2D eigenvalue weighted by molar-refractivity contribution is 5.07. The van der Waals surface area contributed by atoms with Gasteiger partial charge < -0.3 is 0 Å². The Morgan fingerprint density at radius 1 is 1.27 bits per heavy atom. The summed E-state index contributed by atoms with van der Waals surface area (Å²) >= 11 is 0. The van der Waals surface area contributed by atoms with E-state index >= 15 is 0 Å². The molecule has 0 saturated heterocycles. The zero-order valence-corrected chi connectivity index (χ0v) is 8.70. The molecule has 0 aromatic rings. The van der Waals surface area contributed by atoms with Crippen molar-refractivity contribution in [1.82, 2.24) is 0 Å². The van der Waals surface area contributed by atoms with Crippen LogP contribution in [0.5, 0.6) is 0 Å². The minimum atomic E-state index is 0.389. The Balaban J connectivity index is 4.61. The monoisotopic (exact) mass is 154 g/mol. The Labute approximate surface area is 71.7 Å². The molecular formula is C11H22. The van der Waals surface area contributed by atoms with Crippen molar-refractivity contribution in [2.24, 2.45) is 11.3 Å². The van der Waals surface area contributed by atoms with Gasteiger partial charge in [0.1, 0.15) is 0 Å². The predicted molar refractivity (Wildman–Crippen MR) is 52.7 cm³/mol. The van der Waals surface area contributed by atoms with Gasteiger partial charge in [-0.1, -0.05) is 39.8 Å². The molecule has 0 unspecified atom stereocenters. The average molecular weight is 154 g/mol. The lowest BCUT2D eigenvalue weighted by atomic mass is 9.68. The lowest BCUT2D eigenvalue weighted by Crippen LogP contribution is -2.26. The first kappa shape index (κ1) is 10.7. The van der Waals surface area contributed by atoms with Crippen LogP contribution in [-0.4, -0.2) is 0 Å². The quantitative estimate of drug-likeness (QED) is 0.536. The van der Waals surface area contributed by atoms with Crippen LogP contribution < -0.4 is 0 Å². The van der Waals surface area contributed by atoms with Gasteiger partial charge in [0.25, 0.3) is 0 Å². The first-order valence-corrected chi connectivity index (χ1v) is 4.67. The standard InChI is InChI=1S/C11H22/c1-7-11(8-2,9(3)4)10(5)6/h10H,3,7-8H2,1-2,4-6H3. The van der Waals surface area contributed by atoms with Gasteiger partial charge in [-0.15, -0.1) is 0 Å². The highest BCUT2D eigenvalue weighted by Gasteiger charge is 2.30. The molecule has 0 heteroatoms. The number of rotatable bonds is 4. The second-order valence-corrected chi connectivity index (χ2v) is 3.80. The Kier molecular flexibility index (Phi) is 3.85. The van der Waals surface area contributed by atoms with E-state index in [0.717, 1.165) is 5.92 Å². The fourth-order valence-electron chi connectivity index (χ4n) is 2.16. The van der Waals surface area contributed by atoms with Gasteiger partial charge in [-0.05, 0) is 31.1 Å². The van der Waals surface area contributed by atoms with E-state index in [-0.39, 0.29) is 0 Å². The number of allylic oxidation sites excluding steroid dienone is 1. The van der Waals surface area contributed by atoms with Crippen LogP contribution in [0.25, 0.3) is 0 Å². The van der Waals surface area contributed by atoms with Crippen LogP contribution >= 0.6 is 0 Å². The minimum absolute atomic E-state index is 0.389. The fourth-order valence-corrected chi connectivity index (χ4v) is 2.16. The van der Waals surface area contributed by atoms with Crippen molar-refractivity contribution in [3.63, 3.8) is 0 Å². The van der Waals surface area contributed by atoms with E-state index in [9.17, 15) is 0 Å². The molecule has 11 heavy (non-hydrogen) atoms. The third kappa shape index (κ3) is 1.85. The molecule has 0 aliphatic heterocycles. The molecule has 0 aromatic heterocycles. The molecular weight excluding hydrogens is 132 g/mol. The van der Waals surface area contributed by atoms with Crippen LogP contribution in [0.4, 0.5) is 0 Å². The van der Waals surface area contributed by atoms with E-state index in [1.165, 1.54) is 18.4 Å². The van der Waals surface area contributed by atoms with Crippen molar-refractivity contribution in [3.05, 3.63) is 12.2 Å². The van der Waals surface area contributed by atoms with Crippen LogP contribution in [0.3, 0.4) is 0 Å². The third-order valence-electron chi connectivity index (χ3n) is 3.22. The summed E-state index contributed by atoms with van der Waals surface area (Å²) in [5.41, 5.74) is 1.73. The van der Waals surface area contributed by atoms with Crippen LogP contribution in [0.1, 0.15) is 47.5 Å². The van der Waals surface area contributed by atoms with Gasteiger partial charge in [0.2, 0.25) is 0 Å². The van der Waals surface area contributed by atoms with Gasteiger partial charge in [-0.25, -0.2) is 0 Å². The molecule has 66 valence electrons. The molecule has 0 fully saturated rings. The van der Waals surface area contributed by atoms with Crippen molar-refractivity contribution in [1.29, 1.82) is 0 Å². The largest absolute Gasteiger partial charge is 0.0996 e. The van der Waals surface area contributed by atoms with Crippen molar-refractivity contribution in [2.75, 3.05) is 0 Å². The smallest absolute Gasteiger partial charge is 0.00758 e. The van der Waals surface area contributed by atoms with Gasteiger partial charge in [0.05, 0.1) is 0 Å². The van der Waals surface area contributed by atoms with E-state index < -0.39 is 0 Å². The second kappa shape index (κ2) is 3.94. The summed E-state index contributed by atoms with van der Waals surface area (Å²) < 4.78 is 0. The zero-order chi connectivity index (χ0) is 9.07. The Morgan fingerprint density at radius 3 is 1.64 bits per heavy atom. The highest BCUT2D eigenvalue weighted by atomic mass is 14.3. The van der Waals surface area contributed by atoms with Gasteiger partial charge in [-0.3, -0.25) is 0 Å². The van der Waals surface area contributed by atoms with Crippen LogP contribution in [0.2, 0.25) is 0 Å². The molecule has 0 aromatic carbocycles. The molecule has 0 nitrogen and oxygen atoms in total. The summed E-state index contributed by atoms with van der Waals surface area (Å²) in [5, 5.41) is 0. The third-order valence-corrected chi connectivity index (χ3v) is 3.22. The van der Waals surface area contributed by atoms with E-state index in [2.05, 4.69) is 41.2 Å². The molecule has 0 heterocycles. The summed E-state index contributed by atoms with van der Waals surface area (Å²) in [6.07, 6.45) is 2.44. The van der Waals surface area contributed by atoms with Crippen LogP contribution in [0, 0.1) is 11.3 Å². The molecule has 0 saturated carbocycles. The minimum Gasteiger partial charge on any atom is -0.0996 e. The molecule has 0 radical (unpaired) electrons. The average Bonchev–Trinajstić information content (AvgIpc) is 1.90. The molecule has 0 bridgehead atoms. The van der Waals surface area contributed by atoms with Crippen LogP contribution in [0.15, 0.2) is 12.2 Å². The summed E-state index contributed by atoms with van der Waals surface area (Å²) in [7, 11) is 0. The summed E-state index contributed by atoms with van der Waals surface area (Å²) in [4.78, 5) is 0. The first-order chi connectivity index (χ1) is 5.01. The Bertz CT molecular complexity index is 127. The van der Waals surface area contributed by atoms with Crippen molar-refractivity contribution in [3.8, 4) is 0 Å². The molecule has 0 rings (SSSR count). The van der Waals surface area contributed by atoms with Gasteiger partial charge >= 0.3 is 0 Å². The lowest BCUT2D eigenvalue weighted by molar-refractivity contribution is 0.225. The second-order valence-electron chi connectivity index (χ2n) is 3.80. The molecule has 0 atom stereocenters. The molecule has 0 amide bonds. The van der Waals surface area contributed by atoms with Gasteiger partial charge in [0.15, 0.2) is 0 Å². The lowest BCUT2D eigenvalue weighted by Gasteiger charge is -2.36. The normalized spacial score (nSPS) is 12.2. The summed E-state index contributed by atoms with van der Waals surface area (Å²) in [6, 6.07) is 0. The van der Waals surface area contributed by atoms with Crippen LogP contribution in [-0.2, 0) is 0 Å². The molecule has 0 N–H and O–H groups in total. The number of hydrogen-bond donors (Lipinski definition) is 0. The van der Waals surface area contributed by atoms with Crippen molar-refractivity contribution in [2.45, 2.75) is 47.5 Å². The Morgan fingerprint density at radius 2 is 1.64 bits per heavy atom.